The molecule has 0 nitrogen and oxygen atoms in total. The molecule has 0 aliphatic heterocycles. The first-order chi connectivity index (χ1) is 16.2. The molecular formula is C32H27PTi. The molecule has 0 amide bonds. The van der Waals surface area contributed by atoms with Crippen molar-refractivity contribution in [2.75, 3.05) is 0 Å². The maximum absolute atomic E-state index is 2.26. The van der Waals surface area contributed by atoms with Gasteiger partial charge in [-0.2, -0.15) is 12.1 Å². The van der Waals surface area contributed by atoms with E-state index in [9.17, 15) is 0 Å². The second-order valence-electron chi connectivity index (χ2n) is 8.48. The van der Waals surface area contributed by atoms with Crippen molar-refractivity contribution >= 4 is 40.7 Å². The minimum atomic E-state index is 0. The van der Waals surface area contributed by atoms with Crippen LogP contribution in [0.25, 0.3) is 32.7 Å². The molecule has 0 aliphatic rings. The average molecular weight is 490 g/mol. The van der Waals surface area contributed by atoms with Crippen molar-refractivity contribution in [1.82, 2.24) is 0 Å². The topological polar surface area (TPSA) is 0 Å². The van der Waals surface area contributed by atoms with Crippen molar-refractivity contribution in [3.8, 4) is 11.1 Å². The molecule has 6 aromatic carbocycles. The van der Waals surface area contributed by atoms with Crippen molar-refractivity contribution in [3.63, 3.8) is 0 Å². The van der Waals surface area contributed by atoms with E-state index in [1.165, 1.54) is 54.4 Å². The molecule has 0 N–H and O–H groups in total. The summed E-state index contributed by atoms with van der Waals surface area (Å²) in [7, 11) is 0.754. The molecule has 1 unspecified atom stereocenters. The Hall–Kier alpha value is -2.76. The predicted molar refractivity (Wildman–Crippen MR) is 148 cm³/mol. The van der Waals surface area contributed by atoms with Crippen LogP contribution >= 0.6 is 8.58 Å². The summed E-state index contributed by atoms with van der Waals surface area (Å²) in [5.41, 5.74) is 5.33. The summed E-state index contributed by atoms with van der Waals surface area (Å²) < 4.78 is 0. The van der Waals surface area contributed by atoms with Gasteiger partial charge in [0, 0.05) is 0 Å². The van der Waals surface area contributed by atoms with Crippen molar-refractivity contribution < 1.29 is 21.7 Å². The van der Waals surface area contributed by atoms with E-state index in [0.717, 1.165) is 8.58 Å². The molecule has 6 aromatic rings. The maximum atomic E-state index is 2.26. The fourth-order valence-corrected chi connectivity index (χ4v) is 5.65. The van der Waals surface area contributed by atoms with Gasteiger partial charge >= 0.3 is 21.7 Å². The summed E-state index contributed by atoms with van der Waals surface area (Å²) in [4.78, 5) is 0. The smallest absolute Gasteiger partial charge is 0.168 e. The summed E-state index contributed by atoms with van der Waals surface area (Å²) in [6, 6.07) is 43.3. The van der Waals surface area contributed by atoms with E-state index in [0.29, 0.717) is 0 Å². The van der Waals surface area contributed by atoms with E-state index in [1.807, 2.05) is 0 Å². The Balaban J connectivity index is 0.000000157. The molecule has 6 rings (SSSR count). The summed E-state index contributed by atoms with van der Waals surface area (Å²) in [6.45, 7) is 4.34. The molecule has 0 spiro atoms. The number of benzene rings is 4. The molecule has 1 atom stereocenters. The van der Waals surface area contributed by atoms with Gasteiger partial charge in [0.05, 0.1) is 0 Å². The number of hydrogen-bond acceptors (Lipinski definition) is 0. The molecule has 34 heavy (non-hydrogen) atoms. The minimum Gasteiger partial charge on any atom is -0.168 e. The molecule has 0 bridgehead atoms. The Labute approximate surface area is 219 Å². The van der Waals surface area contributed by atoms with Crippen LogP contribution in [0, 0.1) is 13.8 Å². The first kappa shape index (κ1) is 24.4. The van der Waals surface area contributed by atoms with Crippen LogP contribution in [0.4, 0.5) is 0 Å². The van der Waals surface area contributed by atoms with Gasteiger partial charge < -0.3 is 0 Å². The quantitative estimate of drug-likeness (QED) is 0.134. The van der Waals surface area contributed by atoms with E-state index in [-0.39, 0.29) is 21.7 Å². The second-order valence-corrected chi connectivity index (χ2v) is 9.81. The predicted octanol–water partition coefficient (Wildman–Crippen LogP) is 8.03. The molecule has 2 heteroatoms. The number of fused-ring (bicyclic) bond motifs is 2. The van der Waals surface area contributed by atoms with Crippen LogP contribution in [0.5, 0.6) is 0 Å². The zero-order valence-corrected chi connectivity index (χ0v) is 22.1. The molecule has 0 saturated heterocycles. The first-order valence-electron chi connectivity index (χ1n) is 11.4. The van der Waals surface area contributed by atoms with Gasteiger partial charge in [-0.25, -0.2) is 0 Å². The van der Waals surface area contributed by atoms with Crippen LogP contribution in [-0.2, 0) is 21.7 Å². The van der Waals surface area contributed by atoms with Crippen LogP contribution < -0.4 is 10.6 Å². The number of aryl methyl sites for hydroxylation is 2. The zero-order valence-electron chi connectivity index (χ0n) is 19.5. The zero-order chi connectivity index (χ0) is 22.6. The van der Waals surface area contributed by atoms with Crippen LogP contribution in [0.3, 0.4) is 0 Å². The number of hydrogen-bond donors (Lipinski definition) is 0. The van der Waals surface area contributed by atoms with E-state index in [4.69, 9.17) is 0 Å². The van der Waals surface area contributed by atoms with E-state index in [2.05, 4.69) is 135 Å². The summed E-state index contributed by atoms with van der Waals surface area (Å²) in [5, 5.41) is 8.33. The third kappa shape index (κ3) is 5.32. The summed E-state index contributed by atoms with van der Waals surface area (Å²) in [5.74, 6) is 0. The molecule has 0 fully saturated rings. The molecule has 0 radical (unpaired) electrons. The fraction of sp³-hybridized carbons (Fsp3) is 0.0625. The SMILES string of the molecule is Cc1cc2c(-c3ccccc3)cccc2[cH-]1.Cc1ccccc1P[c-]1ccc2ccccc21.[Ti+2]. The average Bonchev–Trinajstić information content (AvgIpc) is 3.44. The first-order valence-corrected chi connectivity index (χ1v) is 12.4. The summed E-state index contributed by atoms with van der Waals surface area (Å²) in [6.07, 6.45) is 0. The van der Waals surface area contributed by atoms with E-state index < -0.39 is 0 Å². The maximum Gasteiger partial charge on any atom is 2.00 e. The van der Waals surface area contributed by atoms with Gasteiger partial charge in [-0.1, -0.05) is 79.2 Å². The van der Waals surface area contributed by atoms with Gasteiger partial charge in [0.1, 0.15) is 0 Å². The Bertz CT molecular complexity index is 1500. The van der Waals surface area contributed by atoms with Gasteiger partial charge in [-0.3, -0.25) is 0 Å². The third-order valence-electron chi connectivity index (χ3n) is 6.07. The van der Waals surface area contributed by atoms with Gasteiger partial charge in [0.25, 0.3) is 0 Å². The second kappa shape index (κ2) is 11.1. The minimum absolute atomic E-state index is 0. The van der Waals surface area contributed by atoms with Crippen LogP contribution in [0.1, 0.15) is 11.1 Å². The van der Waals surface area contributed by atoms with Gasteiger partial charge in [0.15, 0.2) is 0 Å². The summed E-state index contributed by atoms with van der Waals surface area (Å²) >= 11 is 0. The van der Waals surface area contributed by atoms with Gasteiger partial charge in [-0.15, -0.1) is 83.5 Å². The Kier molecular flexibility index (Phi) is 7.97. The van der Waals surface area contributed by atoms with E-state index in [1.54, 1.807) is 0 Å². The third-order valence-corrected chi connectivity index (χ3v) is 7.61. The Morgan fingerprint density at radius 3 is 2.26 bits per heavy atom. The van der Waals surface area contributed by atoms with Crippen molar-refractivity contribution in [3.05, 3.63) is 132 Å². The standard InChI is InChI=1S/C16H14P.C16H13.Ti/c1-12-6-2-5-9-15(12)17-16-11-10-13-7-3-4-8-14(13)16;1-12-10-14-8-5-9-15(16(14)11-12)13-6-3-2-4-7-13;/h2-11,17H,1H3;2-11H,1H3;/q2*-1;+2. The number of rotatable bonds is 3. The van der Waals surface area contributed by atoms with E-state index >= 15 is 0 Å². The van der Waals surface area contributed by atoms with Gasteiger partial charge in [0.2, 0.25) is 0 Å². The monoisotopic (exact) mass is 490 g/mol. The molecular weight excluding hydrogens is 463 g/mol. The van der Waals surface area contributed by atoms with Crippen molar-refractivity contribution in [2.24, 2.45) is 0 Å². The van der Waals surface area contributed by atoms with Gasteiger partial charge in [-0.05, 0) is 23.4 Å². The molecule has 0 heterocycles. The fourth-order valence-electron chi connectivity index (χ4n) is 4.37. The molecule has 0 aliphatic carbocycles. The van der Waals surface area contributed by atoms with Crippen molar-refractivity contribution in [2.45, 2.75) is 13.8 Å². The normalized spacial score (nSPS) is 10.9. The Morgan fingerprint density at radius 1 is 0.706 bits per heavy atom. The van der Waals surface area contributed by atoms with Crippen LogP contribution in [-0.4, -0.2) is 0 Å². The van der Waals surface area contributed by atoms with Crippen molar-refractivity contribution in [1.29, 1.82) is 0 Å². The Morgan fingerprint density at radius 2 is 1.44 bits per heavy atom. The van der Waals surface area contributed by atoms with Crippen LogP contribution in [0.15, 0.2) is 121 Å². The molecule has 0 aromatic heterocycles. The van der Waals surface area contributed by atoms with Crippen LogP contribution in [0.2, 0.25) is 0 Å². The largest absolute Gasteiger partial charge is 2.00 e. The molecule has 0 saturated carbocycles. The molecule has 164 valence electrons.